The second kappa shape index (κ2) is 10.7. The maximum Gasteiger partial charge on any atom is 0.335 e. The quantitative estimate of drug-likeness (QED) is 0.580. The highest BCUT2D eigenvalue weighted by Gasteiger charge is 2.28. The van der Waals surface area contributed by atoms with E-state index in [2.05, 4.69) is 14.5 Å². The van der Waals surface area contributed by atoms with Gasteiger partial charge in [0, 0.05) is 19.1 Å². The Labute approximate surface area is 201 Å². The number of anilines is 2. The predicted octanol–water partition coefficient (Wildman–Crippen LogP) is 4.04. The molecule has 2 fully saturated rings. The van der Waals surface area contributed by atoms with Crippen LogP contribution in [-0.2, 0) is 10.0 Å². The molecule has 2 aromatic rings. The zero-order valence-electron chi connectivity index (χ0n) is 19.6. The van der Waals surface area contributed by atoms with Gasteiger partial charge in [0.2, 0.25) is 0 Å². The SMILES string of the molecule is CCOc1ccc(S(=O)(=O)Nc2cc(C(=O)O)ccc2N2CCC(N3CCCCC3)CC2)cc1. The van der Waals surface area contributed by atoms with Gasteiger partial charge in [-0.15, -0.1) is 0 Å². The molecule has 9 heteroatoms. The summed E-state index contributed by atoms with van der Waals surface area (Å²) >= 11 is 0. The number of carboxylic acid groups (broad SMARTS) is 1. The molecule has 8 nitrogen and oxygen atoms in total. The van der Waals surface area contributed by atoms with Gasteiger partial charge in [0.25, 0.3) is 10.0 Å². The molecule has 2 aliphatic heterocycles. The van der Waals surface area contributed by atoms with Crippen LogP contribution in [0, 0.1) is 0 Å². The van der Waals surface area contributed by atoms with Crippen LogP contribution in [0.25, 0.3) is 0 Å². The zero-order valence-corrected chi connectivity index (χ0v) is 20.4. The first kappa shape index (κ1) is 24.3. The highest BCUT2D eigenvalue weighted by atomic mass is 32.2. The Balaban J connectivity index is 1.54. The van der Waals surface area contributed by atoms with Gasteiger partial charge in [-0.25, -0.2) is 13.2 Å². The smallest absolute Gasteiger partial charge is 0.335 e. The van der Waals surface area contributed by atoms with Crippen molar-refractivity contribution in [3.63, 3.8) is 0 Å². The molecule has 0 unspecified atom stereocenters. The van der Waals surface area contributed by atoms with Gasteiger partial charge in [-0.05, 0) is 88.2 Å². The summed E-state index contributed by atoms with van der Waals surface area (Å²) < 4.78 is 34.3. The van der Waals surface area contributed by atoms with E-state index >= 15 is 0 Å². The van der Waals surface area contributed by atoms with Crippen LogP contribution in [0.5, 0.6) is 5.75 Å². The third kappa shape index (κ3) is 5.64. The lowest BCUT2D eigenvalue weighted by atomic mass is 9.99. The molecule has 4 rings (SSSR count). The summed E-state index contributed by atoms with van der Waals surface area (Å²) in [6, 6.07) is 11.4. The van der Waals surface area contributed by atoms with Crippen molar-refractivity contribution >= 4 is 27.4 Å². The maximum atomic E-state index is 13.1. The maximum absolute atomic E-state index is 13.1. The van der Waals surface area contributed by atoms with Crippen LogP contribution in [0.1, 0.15) is 49.4 Å². The number of sulfonamides is 1. The second-order valence-corrected chi connectivity index (χ2v) is 10.5. The molecule has 0 saturated carbocycles. The van der Waals surface area contributed by atoms with Crippen LogP contribution in [0.2, 0.25) is 0 Å². The molecule has 0 spiro atoms. The molecule has 0 atom stereocenters. The molecular formula is C25H33N3O5S. The van der Waals surface area contributed by atoms with Gasteiger partial charge in [0.05, 0.1) is 28.4 Å². The molecule has 2 aliphatic rings. The zero-order chi connectivity index (χ0) is 24.1. The number of carbonyl (C=O) groups is 1. The minimum Gasteiger partial charge on any atom is -0.494 e. The highest BCUT2D eigenvalue weighted by Crippen LogP contribution is 2.33. The summed E-state index contributed by atoms with van der Waals surface area (Å²) in [5.41, 5.74) is 1.03. The Morgan fingerprint density at radius 1 is 1.03 bits per heavy atom. The molecular weight excluding hydrogens is 454 g/mol. The average Bonchev–Trinajstić information content (AvgIpc) is 2.85. The fourth-order valence-electron chi connectivity index (χ4n) is 4.87. The molecule has 0 aliphatic carbocycles. The Morgan fingerprint density at radius 3 is 2.32 bits per heavy atom. The predicted molar refractivity (Wildman–Crippen MR) is 132 cm³/mol. The molecule has 0 aromatic heterocycles. The van der Waals surface area contributed by atoms with Crippen molar-refractivity contribution in [3.8, 4) is 5.75 Å². The van der Waals surface area contributed by atoms with E-state index in [9.17, 15) is 18.3 Å². The van der Waals surface area contributed by atoms with E-state index in [1.165, 1.54) is 43.5 Å². The number of aromatic carboxylic acids is 1. The third-order valence-electron chi connectivity index (χ3n) is 6.65. The molecule has 184 valence electrons. The van der Waals surface area contributed by atoms with Crippen LogP contribution in [0.3, 0.4) is 0 Å². The van der Waals surface area contributed by atoms with Crippen molar-refractivity contribution in [2.45, 2.75) is 50.0 Å². The number of rotatable bonds is 8. The second-order valence-electron chi connectivity index (χ2n) is 8.86. The summed E-state index contributed by atoms with van der Waals surface area (Å²) in [4.78, 5) is 16.4. The molecule has 2 saturated heterocycles. The van der Waals surface area contributed by atoms with Crippen molar-refractivity contribution < 1.29 is 23.1 Å². The van der Waals surface area contributed by atoms with E-state index in [-0.39, 0.29) is 16.1 Å². The number of piperidine rings is 2. The van der Waals surface area contributed by atoms with Crippen LogP contribution in [0.15, 0.2) is 47.4 Å². The van der Waals surface area contributed by atoms with E-state index in [0.29, 0.717) is 24.1 Å². The monoisotopic (exact) mass is 487 g/mol. The van der Waals surface area contributed by atoms with Crippen LogP contribution in [-0.4, -0.2) is 63.2 Å². The van der Waals surface area contributed by atoms with Crippen molar-refractivity contribution in [2.24, 2.45) is 0 Å². The number of ether oxygens (including phenoxy) is 1. The third-order valence-corrected chi connectivity index (χ3v) is 8.03. The lowest BCUT2D eigenvalue weighted by molar-refractivity contribution is 0.0697. The first-order valence-electron chi connectivity index (χ1n) is 12.0. The number of nitrogens with one attached hydrogen (secondary N) is 1. The van der Waals surface area contributed by atoms with Gasteiger partial charge in [-0.3, -0.25) is 4.72 Å². The topological polar surface area (TPSA) is 99.2 Å². The molecule has 0 amide bonds. The Morgan fingerprint density at radius 2 is 1.71 bits per heavy atom. The number of carboxylic acids is 1. The minimum atomic E-state index is -3.91. The first-order chi connectivity index (χ1) is 16.4. The summed E-state index contributed by atoms with van der Waals surface area (Å²) in [6.07, 6.45) is 5.84. The van der Waals surface area contributed by atoms with Crippen LogP contribution in [0.4, 0.5) is 11.4 Å². The van der Waals surface area contributed by atoms with Gasteiger partial charge >= 0.3 is 5.97 Å². The van der Waals surface area contributed by atoms with Gasteiger partial charge in [0.1, 0.15) is 5.75 Å². The number of hydrogen-bond donors (Lipinski definition) is 2. The Kier molecular flexibility index (Phi) is 7.63. The van der Waals surface area contributed by atoms with E-state index in [1.807, 2.05) is 6.92 Å². The standard InChI is InChI=1S/C25H33N3O5S/c1-2-33-21-7-9-22(10-8-21)34(31,32)26-23-18-19(25(29)30)6-11-24(23)28-16-12-20(13-17-28)27-14-4-3-5-15-27/h6-11,18,20,26H,2-5,12-17H2,1H3,(H,29,30). The molecule has 0 radical (unpaired) electrons. The molecule has 34 heavy (non-hydrogen) atoms. The van der Waals surface area contributed by atoms with E-state index in [1.54, 1.807) is 18.2 Å². The van der Waals surface area contributed by atoms with E-state index in [4.69, 9.17) is 4.74 Å². The lowest BCUT2D eigenvalue weighted by Crippen LogP contribution is -2.46. The van der Waals surface area contributed by atoms with Crippen molar-refractivity contribution in [2.75, 3.05) is 42.4 Å². The fraction of sp³-hybridized carbons (Fsp3) is 0.480. The van der Waals surface area contributed by atoms with Gasteiger partial charge in [-0.1, -0.05) is 6.42 Å². The van der Waals surface area contributed by atoms with E-state index in [0.717, 1.165) is 39.0 Å². The molecule has 2 N–H and O–H groups in total. The number of likely N-dealkylation sites (tertiary alicyclic amines) is 1. The lowest BCUT2D eigenvalue weighted by Gasteiger charge is -2.41. The van der Waals surface area contributed by atoms with E-state index < -0.39 is 16.0 Å². The summed E-state index contributed by atoms with van der Waals surface area (Å²) in [5.74, 6) is -0.511. The molecule has 0 bridgehead atoms. The number of hydrogen-bond acceptors (Lipinski definition) is 6. The molecule has 2 heterocycles. The van der Waals surface area contributed by atoms with Gasteiger partial charge < -0.3 is 19.6 Å². The summed E-state index contributed by atoms with van der Waals surface area (Å²) in [5, 5.41) is 9.48. The number of benzene rings is 2. The van der Waals surface area contributed by atoms with Gasteiger partial charge in [0.15, 0.2) is 0 Å². The van der Waals surface area contributed by atoms with Crippen LogP contribution < -0.4 is 14.4 Å². The number of nitrogens with zero attached hydrogens (tertiary/aromatic N) is 2. The summed E-state index contributed by atoms with van der Waals surface area (Å²) in [6.45, 7) is 6.26. The van der Waals surface area contributed by atoms with Crippen molar-refractivity contribution in [3.05, 3.63) is 48.0 Å². The average molecular weight is 488 g/mol. The Bertz CT molecular complexity index is 1090. The summed E-state index contributed by atoms with van der Waals surface area (Å²) in [7, 11) is -3.91. The first-order valence-corrected chi connectivity index (χ1v) is 13.5. The van der Waals surface area contributed by atoms with Gasteiger partial charge in [-0.2, -0.15) is 0 Å². The minimum absolute atomic E-state index is 0.0383. The van der Waals surface area contributed by atoms with Crippen molar-refractivity contribution in [1.82, 2.24) is 4.90 Å². The fourth-order valence-corrected chi connectivity index (χ4v) is 5.93. The highest BCUT2D eigenvalue weighted by molar-refractivity contribution is 7.92. The molecule has 2 aromatic carbocycles. The largest absolute Gasteiger partial charge is 0.494 e. The van der Waals surface area contributed by atoms with Crippen molar-refractivity contribution in [1.29, 1.82) is 0 Å². The van der Waals surface area contributed by atoms with Crippen LogP contribution >= 0.6 is 0 Å². The normalized spacial score (nSPS) is 18.0. The Hall–Kier alpha value is -2.78.